The van der Waals surface area contributed by atoms with Crippen LogP contribution in [0.2, 0.25) is 0 Å². The van der Waals surface area contributed by atoms with Crippen molar-refractivity contribution in [1.29, 1.82) is 0 Å². The highest BCUT2D eigenvalue weighted by molar-refractivity contribution is 8.13. The standard InChI is InChI=1S/C16H16O2S/c1-19-16(18)13-15(17)12-8-3-2-5-9-14-10-6-4-7-11-14/h2-13,17H,1H3. The van der Waals surface area contributed by atoms with E-state index in [0.717, 1.165) is 17.3 Å². The average molecular weight is 272 g/mol. The van der Waals surface area contributed by atoms with Crippen LogP contribution in [0.25, 0.3) is 6.08 Å². The number of hydrogen-bond acceptors (Lipinski definition) is 3. The fourth-order valence-corrected chi connectivity index (χ4v) is 1.48. The summed E-state index contributed by atoms with van der Waals surface area (Å²) in [5, 5.41) is 9.20. The number of hydrogen-bond donors (Lipinski definition) is 1. The highest BCUT2D eigenvalue weighted by Crippen LogP contribution is 2.02. The number of allylic oxidation sites excluding steroid dienone is 5. The molecule has 1 aromatic carbocycles. The Bertz CT molecular complexity index is 511. The van der Waals surface area contributed by atoms with Crippen LogP contribution in [0, 0.1) is 0 Å². The number of thioether (sulfide) groups is 1. The zero-order valence-electron chi connectivity index (χ0n) is 10.7. The molecule has 0 amide bonds. The van der Waals surface area contributed by atoms with Crippen molar-refractivity contribution in [2.45, 2.75) is 0 Å². The molecule has 0 aliphatic carbocycles. The van der Waals surface area contributed by atoms with E-state index in [-0.39, 0.29) is 10.9 Å². The van der Waals surface area contributed by atoms with Crippen molar-refractivity contribution in [1.82, 2.24) is 0 Å². The van der Waals surface area contributed by atoms with E-state index in [9.17, 15) is 9.90 Å². The topological polar surface area (TPSA) is 37.3 Å². The summed E-state index contributed by atoms with van der Waals surface area (Å²) in [6, 6.07) is 9.97. The quantitative estimate of drug-likeness (QED) is 0.497. The molecule has 0 atom stereocenters. The van der Waals surface area contributed by atoms with Crippen LogP contribution in [0.15, 0.2) is 72.5 Å². The van der Waals surface area contributed by atoms with Gasteiger partial charge in [0.2, 0.25) is 5.12 Å². The van der Waals surface area contributed by atoms with Gasteiger partial charge >= 0.3 is 0 Å². The Kier molecular flexibility index (Phi) is 7.13. The Morgan fingerprint density at radius 1 is 1.11 bits per heavy atom. The van der Waals surface area contributed by atoms with Crippen LogP contribution in [0.5, 0.6) is 0 Å². The molecule has 0 radical (unpaired) electrons. The summed E-state index contributed by atoms with van der Waals surface area (Å²) in [5.41, 5.74) is 1.13. The van der Waals surface area contributed by atoms with Crippen molar-refractivity contribution in [3.05, 3.63) is 78.1 Å². The molecule has 3 heteroatoms. The molecule has 0 saturated carbocycles. The number of carbonyl (C=O) groups excluding carboxylic acids is 1. The lowest BCUT2D eigenvalue weighted by molar-refractivity contribution is -0.107. The van der Waals surface area contributed by atoms with Gasteiger partial charge in [-0.1, -0.05) is 72.5 Å². The number of carbonyl (C=O) groups is 1. The van der Waals surface area contributed by atoms with E-state index >= 15 is 0 Å². The Morgan fingerprint density at radius 2 is 1.79 bits per heavy atom. The van der Waals surface area contributed by atoms with Gasteiger partial charge in [0.1, 0.15) is 5.76 Å². The van der Waals surface area contributed by atoms with Crippen molar-refractivity contribution in [3.63, 3.8) is 0 Å². The molecule has 0 saturated heterocycles. The number of benzene rings is 1. The average Bonchev–Trinajstić information content (AvgIpc) is 2.43. The third-order valence-corrected chi connectivity index (χ3v) is 2.68. The normalized spacial score (nSPS) is 12.8. The van der Waals surface area contributed by atoms with E-state index in [0.29, 0.717) is 0 Å². The highest BCUT2D eigenvalue weighted by atomic mass is 32.2. The molecule has 0 aliphatic heterocycles. The van der Waals surface area contributed by atoms with Gasteiger partial charge < -0.3 is 5.11 Å². The Morgan fingerprint density at radius 3 is 2.47 bits per heavy atom. The van der Waals surface area contributed by atoms with Crippen LogP contribution in [0.1, 0.15) is 5.56 Å². The molecule has 0 aromatic heterocycles. The molecule has 0 fully saturated rings. The molecule has 19 heavy (non-hydrogen) atoms. The molecule has 0 heterocycles. The second-order valence-corrected chi connectivity index (χ2v) is 4.42. The van der Waals surface area contributed by atoms with E-state index < -0.39 is 0 Å². The number of aliphatic hydroxyl groups is 1. The summed E-state index contributed by atoms with van der Waals surface area (Å²) in [5.74, 6) is -0.0453. The lowest BCUT2D eigenvalue weighted by atomic mass is 10.2. The van der Waals surface area contributed by atoms with Crippen LogP contribution in [0.3, 0.4) is 0 Å². The summed E-state index contributed by atoms with van der Waals surface area (Å²) in [6.07, 6.45) is 13.5. The molecular weight excluding hydrogens is 256 g/mol. The first-order chi connectivity index (χ1) is 9.22. The van der Waals surface area contributed by atoms with Gasteiger partial charge in [0, 0.05) is 6.08 Å². The molecule has 98 valence electrons. The SMILES string of the molecule is CSC(=O)C=C(O)C=CC=CC=Cc1ccccc1. The zero-order chi connectivity index (χ0) is 13.9. The van der Waals surface area contributed by atoms with Gasteiger partial charge in [0.05, 0.1) is 0 Å². The van der Waals surface area contributed by atoms with Crippen LogP contribution in [-0.4, -0.2) is 16.5 Å². The second kappa shape index (κ2) is 9.00. The third-order valence-electron chi connectivity index (χ3n) is 2.16. The number of rotatable bonds is 5. The van der Waals surface area contributed by atoms with Crippen molar-refractivity contribution in [2.24, 2.45) is 0 Å². The Labute approximate surface area is 117 Å². The van der Waals surface area contributed by atoms with Gasteiger partial charge in [-0.05, 0) is 17.9 Å². The Balaban J connectivity index is 2.44. The molecule has 0 spiro atoms. The summed E-state index contributed by atoms with van der Waals surface area (Å²) >= 11 is 1.06. The first-order valence-corrected chi connectivity index (χ1v) is 7.00. The lowest BCUT2D eigenvalue weighted by Crippen LogP contribution is -1.85. The monoisotopic (exact) mass is 272 g/mol. The van der Waals surface area contributed by atoms with E-state index in [4.69, 9.17) is 0 Å². The summed E-state index contributed by atoms with van der Waals surface area (Å²) in [6.45, 7) is 0. The molecule has 2 nitrogen and oxygen atoms in total. The lowest BCUT2D eigenvalue weighted by Gasteiger charge is -1.89. The van der Waals surface area contributed by atoms with Gasteiger partial charge in [-0.15, -0.1) is 0 Å². The summed E-state index contributed by atoms with van der Waals surface area (Å²) < 4.78 is 0. The second-order valence-electron chi connectivity index (χ2n) is 3.61. The van der Waals surface area contributed by atoms with Gasteiger partial charge in [0.15, 0.2) is 0 Å². The first kappa shape index (κ1) is 15.1. The molecule has 1 aromatic rings. The Hall–Kier alpha value is -2.00. The molecule has 1 rings (SSSR count). The summed E-state index contributed by atoms with van der Waals surface area (Å²) in [4.78, 5) is 11.0. The fraction of sp³-hybridized carbons (Fsp3) is 0.0625. The van der Waals surface area contributed by atoms with Crippen molar-refractivity contribution < 1.29 is 9.90 Å². The van der Waals surface area contributed by atoms with Crippen LogP contribution in [-0.2, 0) is 4.79 Å². The predicted molar refractivity (Wildman–Crippen MR) is 83.0 cm³/mol. The fourth-order valence-electron chi connectivity index (χ4n) is 1.24. The highest BCUT2D eigenvalue weighted by Gasteiger charge is 1.93. The molecular formula is C16H16O2S. The van der Waals surface area contributed by atoms with Gasteiger partial charge in [-0.2, -0.15) is 0 Å². The maximum atomic E-state index is 11.0. The van der Waals surface area contributed by atoms with Crippen LogP contribution >= 0.6 is 11.8 Å². The number of aliphatic hydroxyl groups excluding tert-OH is 1. The smallest absolute Gasteiger partial charge is 0.215 e. The van der Waals surface area contributed by atoms with Gasteiger partial charge in [0.25, 0.3) is 0 Å². The van der Waals surface area contributed by atoms with E-state index in [1.54, 1.807) is 18.4 Å². The minimum Gasteiger partial charge on any atom is -0.508 e. The minimum absolute atomic E-state index is 0.0453. The van der Waals surface area contributed by atoms with Crippen molar-refractivity contribution >= 4 is 23.0 Å². The van der Waals surface area contributed by atoms with Crippen LogP contribution < -0.4 is 0 Å². The molecule has 0 aliphatic rings. The predicted octanol–water partition coefficient (Wildman–Crippen LogP) is 4.14. The first-order valence-electron chi connectivity index (χ1n) is 5.77. The van der Waals surface area contributed by atoms with E-state index in [1.807, 2.05) is 48.6 Å². The van der Waals surface area contributed by atoms with E-state index in [2.05, 4.69) is 0 Å². The molecule has 0 unspecified atom stereocenters. The molecule has 0 bridgehead atoms. The third kappa shape index (κ3) is 7.11. The zero-order valence-corrected chi connectivity index (χ0v) is 11.5. The summed E-state index contributed by atoms with van der Waals surface area (Å²) in [7, 11) is 0. The van der Waals surface area contributed by atoms with Crippen molar-refractivity contribution in [3.8, 4) is 0 Å². The minimum atomic E-state index is -0.171. The van der Waals surface area contributed by atoms with Gasteiger partial charge in [-0.3, -0.25) is 4.79 Å². The van der Waals surface area contributed by atoms with Crippen LogP contribution in [0.4, 0.5) is 0 Å². The van der Waals surface area contributed by atoms with Crippen molar-refractivity contribution in [2.75, 3.05) is 6.26 Å². The molecule has 1 N–H and O–H groups in total. The van der Waals surface area contributed by atoms with E-state index in [1.165, 1.54) is 12.2 Å². The largest absolute Gasteiger partial charge is 0.508 e. The van der Waals surface area contributed by atoms with Gasteiger partial charge in [-0.25, -0.2) is 0 Å². The maximum absolute atomic E-state index is 11.0. The maximum Gasteiger partial charge on any atom is 0.215 e.